The van der Waals surface area contributed by atoms with Crippen molar-refractivity contribution in [1.82, 2.24) is 0 Å². The molecule has 0 heterocycles. The zero-order valence-electron chi connectivity index (χ0n) is 8.00. The van der Waals surface area contributed by atoms with Crippen LogP contribution in [0.1, 0.15) is 24.9 Å². The number of nitrogens with two attached hydrogens (primary N) is 1. The summed E-state index contributed by atoms with van der Waals surface area (Å²) in [6.45, 7) is 2.12. The van der Waals surface area contributed by atoms with Crippen molar-refractivity contribution in [1.29, 1.82) is 0 Å². The third-order valence-corrected chi connectivity index (χ3v) is 3.30. The van der Waals surface area contributed by atoms with Gasteiger partial charge in [0.25, 0.3) is 0 Å². The first-order valence-electron chi connectivity index (χ1n) is 4.80. The molecule has 0 spiro atoms. The number of rotatable bonds is 2. The fourth-order valence-corrected chi connectivity index (χ4v) is 2.18. The maximum absolute atomic E-state index is 13.5. The Labute approximate surface area is 88.1 Å². The van der Waals surface area contributed by atoms with Gasteiger partial charge in [0.05, 0.1) is 0 Å². The lowest BCUT2D eigenvalue weighted by Crippen LogP contribution is -2.15. The van der Waals surface area contributed by atoms with Gasteiger partial charge in [-0.2, -0.15) is 0 Å². The van der Waals surface area contributed by atoms with Crippen molar-refractivity contribution >= 4 is 11.6 Å². The van der Waals surface area contributed by atoms with E-state index in [2.05, 4.69) is 6.92 Å². The average Bonchev–Trinajstić information content (AvgIpc) is 2.82. The summed E-state index contributed by atoms with van der Waals surface area (Å²) in [5, 5.41) is 0.441. The molecule has 3 atom stereocenters. The molecule has 1 aromatic carbocycles. The molecular formula is C11H13ClFN. The number of benzene rings is 1. The van der Waals surface area contributed by atoms with Crippen molar-refractivity contribution in [2.45, 2.75) is 19.4 Å². The number of hydrogen-bond acceptors (Lipinski definition) is 1. The van der Waals surface area contributed by atoms with Crippen molar-refractivity contribution in [3.8, 4) is 0 Å². The van der Waals surface area contributed by atoms with Gasteiger partial charge >= 0.3 is 0 Å². The van der Waals surface area contributed by atoms with E-state index in [4.69, 9.17) is 17.3 Å². The lowest BCUT2D eigenvalue weighted by Gasteiger charge is -2.13. The first-order chi connectivity index (χ1) is 6.61. The molecule has 1 aliphatic rings. The summed E-state index contributed by atoms with van der Waals surface area (Å²) in [5.74, 6) is 0.703. The highest BCUT2D eigenvalue weighted by molar-refractivity contribution is 6.31. The molecule has 1 fully saturated rings. The molecule has 0 radical (unpaired) electrons. The predicted octanol–water partition coefficient (Wildman–Crippen LogP) is 3.13. The minimum absolute atomic E-state index is 0.251. The van der Waals surface area contributed by atoms with Crippen molar-refractivity contribution < 1.29 is 4.39 Å². The molecule has 1 nitrogen and oxygen atoms in total. The van der Waals surface area contributed by atoms with E-state index in [9.17, 15) is 4.39 Å². The van der Waals surface area contributed by atoms with Gasteiger partial charge in [-0.25, -0.2) is 4.39 Å². The molecule has 2 rings (SSSR count). The normalized spacial score (nSPS) is 27.4. The summed E-state index contributed by atoms with van der Waals surface area (Å²) in [7, 11) is 0. The summed E-state index contributed by atoms with van der Waals surface area (Å²) < 4.78 is 13.5. The molecular weight excluding hydrogens is 201 g/mol. The van der Waals surface area contributed by atoms with Gasteiger partial charge in [0.1, 0.15) is 5.82 Å². The first-order valence-corrected chi connectivity index (χ1v) is 5.18. The van der Waals surface area contributed by atoms with Crippen LogP contribution in [0.25, 0.3) is 0 Å². The number of halogens is 2. The third kappa shape index (κ3) is 1.64. The predicted molar refractivity (Wildman–Crippen MR) is 55.6 cm³/mol. The van der Waals surface area contributed by atoms with E-state index in [1.807, 2.05) is 0 Å². The van der Waals surface area contributed by atoms with Gasteiger partial charge in [0.2, 0.25) is 0 Å². The van der Waals surface area contributed by atoms with E-state index < -0.39 is 0 Å². The second kappa shape index (κ2) is 3.52. The summed E-state index contributed by atoms with van der Waals surface area (Å²) in [4.78, 5) is 0. The van der Waals surface area contributed by atoms with Gasteiger partial charge in [-0.15, -0.1) is 0 Å². The van der Waals surface area contributed by atoms with Crippen LogP contribution in [0.2, 0.25) is 5.02 Å². The van der Waals surface area contributed by atoms with Crippen LogP contribution >= 0.6 is 11.6 Å². The zero-order valence-corrected chi connectivity index (χ0v) is 8.76. The molecule has 3 heteroatoms. The molecule has 0 aliphatic heterocycles. The molecule has 0 saturated heterocycles. The highest BCUT2D eigenvalue weighted by Crippen LogP contribution is 2.47. The van der Waals surface area contributed by atoms with Crippen LogP contribution in [0.15, 0.2) is 18.2 Å². The highest BCUT2D eigenvalue weighted by Gasteiger charge is 2.39. The van der Waals surface area contributed by atoms with Crippen LogP contribution < -0.4 is 5.73 Å². The smallest absolute Gasteiger partial charge is 0.129 e. The van der Waals surface area contributed by atoms with Crippen molar-refractivity contribution in [3.05, 3.63) is 34.6 Å². The van der Waals surface area contributed by atoms with Crippen molar-refractivity contribution in [2.24, 2.45) is 17.6 Å². The molecule has 76 valence electrons. The summed E-state index contributed by atoms with van der Waals surface area (Å²) in [6, 6.07) is 4.45. The van der Waals surface area contributed by atoms with Crippen LogP contribution in [-0.4, -0.2) is 0 Å². The van der Waals surface area contributed by atoms with E-state index in [1.54, 1.807) is 12.1 Å². The van der Waals surface area contributed by atoms with Crippen LogP contribution in [-0.2, 0) is 0 Å². The lowest BCUT2D eigenvalue weighted by atomic mass is 10.0. The minimum atomic E-state index is -0.288. The quantitative estimate of drug-likeness (QED) is 0.803. The van der Waals surface area contributed by atoms with Crippen LogP contribution in [0.4, 0.5) is 4.39 Å². The standard InChI is InChI=1S/C11H13ClFN/c1-6-5-7(6)11(14)10-8(12)3-2-4-9(10)13/h2-4,6-7,11H,5,14H2,1H3. The van der Waals surface area contributed by atoms with E-state index in [0.29, 0.717) is 22.4 Å². The van der Waals surface area contributed by atoms with E-state index in [0.717, 1.165) is 6.42 Å². The fourth-order valence-electron chi connectivity index (χ4n) is 1.89. The monoisotopic (exact) mass is 213 g/mol. The van der Waals surface area contributed by atoms with Crippen molar-refractivity contribution in [3.63, 3.8) is 0 Å². The topological polar surface area (TPSA) is 26.0 Å². The molecule has 0 bridgehead atoms. The van der Waals surface area contributed by atoms with E-state index in [-0.39, 0.29) is 11.9 Å². The Morgan fingerprint density at radius 3 is 2.71 bits per heavy atom. The molecule has 14 heavy (non-hydrogen) atoms. The largest absolute Gasteiger partial charge is 0.324 e. The number of hydrogen-bond donors (Lipinski definition) is 1. The Hall–Kier alpha value is -0.600. The maximum atomic E-state index is 13.5. The average molecular weight is 214 g/mol. The maximum Gasteiger partial charge on any atom is 0.129 e. The van der Waals surface area contributed by atoms with Crippen LogP contribution in [0, 0.1) is 17.7 Å². The Bertz CT molecular complexity index is 333. The zero-order chi connectivity index (χ0) is 10.3. The van der Waals surface area contributed by atoms with Gasteiger partial charge in [-0.1, -0.05) is 24.6 Å². The Morgan fingerprint density at radius 2 is 2.21 bits per heavy atom. The second-order valence-corrected chi connectivity index (χ2v) is 4.45. The van der Waals surface area contributed by atoms with Crippen LogP contribution in [0.3, 0.4) is 0 Å². The first kappa shape index (κ1) is 9.94. The minimum Gasteiger partial charge on any atom is -0.324 e. The molecule has 2 N–H and O–H groups in total. The van der Waals surface area contributed by atoms with Gasteiger partial charge in [0, 0.05) is 16.6 Å². The highest BCUT2D eigenvalue weighted by atomic mass is 35.5. The van der Waals surface area contributed by atoms with Crippen LogP contribution in [0.5, 0.6) is 0 Å². The molecule has 1 aliphatic carbocycles. The Morgan fingerprint density at radius 1 is 1.57 bits per heavy atom. The lowest BCUT2D eigenvalue weighted by molar-refractivity contribution is 0.537. The summed E-state index contributed by atoms with van der Waals surface area (Å²) in [6.07, 6.45) is 1.08. The third-order valence-electron chi connectivity index (χ3n) is 2.97. The molecule has 0 amide bonds. The molecule has 1 aromatic rings. The van der Waals surface area contributed by atoms with E-state index >= 15 is 0 Å². The molecule has 3 unspecified atom stereocenters. The van der Waals surface area contributed by atoms with Crippen molar-refractivity contribution in [2.75, 3.05) is 0 Å². The van der Waals surface area contributed by atoms with Gasteiger partial charge in [-0.05, 0) is 30.4 Å². The van der Waals surface area contributed by atoms with Gasteiger partial charge < -0.3 is 5.73 Å². The molecule has 1 saturated carbocycles. The Kier molecular flexibility index (Phi) is 2.50. The molecule has 0 aromatic heterocycles. The van der Waals surface area contributed by atoms with Gasteiger partial charge in [0.15, 0.2) is 0 Å². The SMILES string of the molecule is CC1CC1C(N)c1c(F)cccc1Cl. The second-order valence-electron chi connectivity index (χ2n) is 4.04. The van der Waals surface area contributed by atoms with Gasteiger partial charge in [-0.3, -0.25) is 0 Å². The summed E-state index contributed by atoms with van der Waals surface area (Å²) >= 11 is 5.92. The summed E-state index contributed by atoms with van der Waals surface area (Å²) in [5.41, 5.74) is 6.44. The van der Waals surface area contributed by atoms with E-state index in [1.165, 1.54) is 6.07 Å². The Balaban J connectivity index is 2.31. The fraction of sp³-hybridized carbons (Fsp3) is 0.455.